The van der Waals surface area contributed by atoms with Crippen LogP contribution in [0.4, 0.5) is 11.8 Å². The van der Waals surface area contributed by atoms with Crippen LogP contribution in [0, 0.1) is 11.8 Å². The average Bonchev–Trinajstić information content (AvgIpc) is 4.30. The molecule has 446 valence electrons. The van der Waals surface area contributed by atoms with Crippen LogP contribution in [-0.4, -0.2) is 117 Å². The topological polar surface area (TPSA) is 273 Å². The van der Waals surface area contributed by atoms with Crippen molar-refractivity contribution in [2.24, 2.45) is 11.8 Å². The van der Waals surface area contributed by atoms with Crippen LogP contribution in [0.5, 0.6) is 0 Å². The SMILES string of the molecule is COP1(=O)OC[C@H]2O[C@@H](n3cnc4c(=O)[nH]c(NC(=O)C(C)C)nc43)C(OP(C)(=O)OC[C@H]3O[C@@H](n4cnc5c(NC(=O)c6ccccc6)ncnc54)C(O1)[C@H]3C)[C@H]2O[Si](C)(C)C(C)(C)C.S=S=S=S=S=S=S=S=S=S=S=S=S=S=S. The van der Waals surface area contributed by atoms with E-state index in [9.17, 15) is 23.5 Å². The van der Waals surface area contributed by atoms with E-state index in [-0.39, 0.29) is 45.7 Å². The number of aromatic amines is 1. The standard InChI is InChI=1S/C40H54N10O13P2Si.S15/c1-21(2)34(51)47-39-46-33-27(36(53)48-39)44-20-50(33)38-30-29(63-66(9,10)40(4,5)6)25(60-38)17-58-65(55,56-7)62-28-22(3)24(16-57-64(8,54)61-30)59-37(28)49-19-43-26-31(41-18-42-32(26)49)45-35(52)23-14-12-11-13-15-23;1-3-5-7-9-11-13-15-14-12-10-8-6-4-2/h11-15,18-22,24-25,28-30,37-38H,16-17H2,1-10H3,(H,41,42,45,52)(H2,46,47,48,51,53);/t22-,24+,25+,28?,29-,30?,37+,38+,64?,65?;/m0./s1. The number of nitrogens with zero attached hydrogens (tertiary/aromatic N) is 7. The van der Waals surface area contributed by atoms with Gasteiger partial charge in [0.15, 0.2) is 48.9 Å². The largest absolute Gasteiger partial charge is 0.475 e. The Bertz CT molecular complexity index is 3890. The van der Waals surface area contributed by atoms with Gasteiger partial charge in [-0.25, -0.2) is 24.5 Å². The number of anilines is 2. The third kappa shape index (κ3) is 17.7. The molecule has 81 heavy (non-hydrogen) atoms. The summed E-state index contributed by atoms with van der Waals surface area (Å²) < 4.78 is 83.2. The first-order chi connectivity index (χ1) is 38.5. The van der Waals surface area contributed by atoms with Gasteiger partial charge in [-0.2, -0.15) is 4.98 Å². The van der Waals surface area contributed by atoms with Gasteiger partial charge in [-0.3, -0.25) is 56.5 Å². The molecular weight excluding hydrogens is 1400 g/mol. The minimum atomic E-state index is -4.52. The molecule has 10 atom stereocenters. The van der Waals surface area contributed by atoms with Crippen molar-refractivity contribution in [2.45, 2.75) is 103 Å². The van der Waals surface area contributed by atoms with Gasteiger partial charge in [0, 0.05) is 169 Å². The van der Waals surface area contributed by atoms with Gasteiger partial charge in [0.25, 0.3) is 11.5 Å². The highest BCUT2D eigenvalue weighted by molar-refractivity contribution is 8.76. The molecule has 4 aromatic heterocycles. The molecule has 1 aromatic carbocycles. The highest BCUT2D eigenvalue weighted by Crippen LogP contribution is 2.57. The van der Waals surface area contributed by atoms with E-state index >= 15 is 0 Å². The van der Waals surface area contributed by atoms with Gasteiger partial charge < -0.3 is 23.7 Å². The molecule has 4 unspecified atom stereocenters. The predicted octanol–water partition coefficient (Wildman–Crippen LogP) is 5.99. The Morgan fingerprint density at radius 2 is 1.36 bits per heavy atom. The minimum Gasteiger partial charge on any atom is -0.408 e. The van der Waals surface area contributed by atoms with Crippen LogP contribution in [0.15, 0.2) is 54.1 Å². The Morgan fingerprint density at radius 1 is 0.790 bits per heavy atom. The summed E-state index contributed by atoms with van der Waals surface area (Å²) in [4.78, 5) is 63.6. The number of rotatable bonds is 9. The van der Waals surface area contributed by atoms with Gasteiger partial charge in [0.2, 0.25) is 11.9 Å². The molecule has 3 fully saturated rings. The van der Waals surface area contributed by atoms with Crippen LogP contribution in [-0.2, 0) is 188 Å². The number of hydrogen-bond acceptors (Lipinski definition) is 20. The van der Waals surface area contributed by atoms with Gasteiger partial charge in [-0.05, 0) is 30.3 Å². The lowest BCUT2D eigenvalue weighted by molar-refractivity contribution is -0.118. The van der Waals surface area contributed by atoms with E-state index in [4.69, 9.17) is 58.9 Å². The zero-order chi connectivity index (χ0) is 58.7. The molecule has 41 heteroatoms. The monoisotopic (exact) mass is 1450 g/mol. The van der Waals surface area contributed by atoms with Crippen molar-refractivity contribution in [3.8, 4) is 0 Å². The van der Waals surface area contributed by atoms with Gasteiger partial charge >= 0.3 is 15.4 Å². The Labute approximate surface area is 513 Å². The van der Waals surface area contributed by atoms with E-state index in [0.29, 0.717) is 5.56 Å². The Hall–Kier alpha value is -1.28. The van der Waals surface area contributed by atoms with Crippen molar-refractivity contribution in [3.63, 3.8) is 0 Å². The molecule has 2 amide bonds. The van der Waals surface area contributed by atoms with Crippen LogP contribution in [0.1, 0.15) is 64.4 Å². The van der Waals surface area contributed by atoms with Gasteiger partial charge in [-0.15, -0.1) is 0 Å². The molecule has 3 aliphatic heterocycles. The number of amides is 2. The number of carbonyl (C=O) groups is 2. The first-order valence-corrected chi connectivity index (χ1v) is 48.6. The lowest BCUT2D eigenvalue weighted by Crippen LogP contribution is -2.50. The summed E-state index contributed by atoms with van der Waals surface area (Å²) in [7, 11) is 11.5. The summed E-state index contributed by atoms with van der Waals surface area (Å²) in [5, 5.41) is 5.04. The molecule has 3 aliphatic rings. The van der Waals surface area contributed by atoms with Crippen LogP contribution in [0.25, 0.3) is 22.3 Å². The fourth-order valence-electron chi connectivity index (χ4n) is 7.61. The molecule has 0 saturated carbocycles. The smallest absolute Gasteiger partial charge is 0.408 e. The fourth-order valence-corrected chi connectivity index (χ4v) is 41.4. The zero-order valence-electron chi connectivity index (χ0n) is 44.2. The number of nitrogens with one attached hydrogen (secondary N) is 3. The molecule has 3 N–H and O–H groups in total. The number of H-pyrrole nitrogens is 1. The lowest BCUT2D eigenvalue weighted by Gasteiger charge is -2.41. The molecule has 4 bridgehead atoms. The molecule has 23 nitrogen and oxygen atoms in total. The number of phosphoric ester groups is 1. The number of ether oxygens (including phenoxy) is 2. The first-order valence-electron chi connectivity index (χ1n) is 23.6. The normalized spacial score (nSPS) is 25.7. The summed E-state index contributed by atoms with van der Waals surface area (Å²) >= 11 is 9.45. The number of hydrogen-bond donors (Lipinski definition) is 3. The number of fused-ring (bicyclic) bond motifs is 6. The number of benzene rings is 1. The summed E-state index contributed by atoms with van der Waals surface area (Å²) in [5.41, 5.74) is 0.171. The number of imidazole rings is 2. The van der Waals surface area contributed by atoms with Gasteiger partial charge in [0.1, 0.15) is 30.7 Å². The number of carbonyl (C=O) groups excluding carboxylic acids is 2. The Morgan fingerprint density at radius 3 is 1.95 bits per heavy atom. The quantitative estimate of drug-likeness (QED) is 0.113. The van der Waals surface area contributed by atoms with E-state index in [1.165, 1.54) is 55.1 Å². The van der Waals surface area contributed by atoms with Crippen molar-refractivity contribution in [3.05, 3.63) is 65.2 Å². The van der Waals surface area contributed by atoms with Crippen LogP contribution < -0.4 is 16.2 Å². The summed E-state index contributed by atoms with van der Waals surface area (Å²) in [6.45, 7) is 15.8. The number of phosphoric acid groups is 1. The fraction of sp³-hybridized carbons (Fsp3) is 0.550. The molecule has 0 spiro atoms. The molecular formula is C40H54N10O13P2S15Si. The number of aromatic nitrogens is 8. The summed E-state index contributed by atoms with van der Waals surface area (Å²) in [6, 6.07) is 8.59. The average molecular weight is 1450 g/mol. The Balaban J connectivity index is 0.000000552. The van der Waals surface area contributed by atoms with E-state index in [2.05, 4.69) is 40.5 Å². The predicted molar refractivity (Wildman–Crippen MR) is 351 cm³/mol. The third-order valence-corrected chi connectivity index (χ3v) is 46.4. The molecule has 7 heterocycles. The molecule has 3 saturated heterocycles. The molecule has 5 aromatic rings. The van der Waals surface area contributed by atoms with E-state index in [0.717, 1.165) is 0 Å². The van der Waals surface area contributed by atoms with Crippen LogP contribution in [0.2, 0.25) is 18.1 Å². The van der Waals surface area contributed by atoms with Crippen LogP contribution in [0.3, 0.4) is 0 Å². The maximum absolute atomic E-state index is 14.7. The molecule has 0 aliphatic carbocycles. The second kappa shape index (κ2) is 30.6. The van der Waals surface area contributed by atoms with Crippen molar-refractivity contribution < 1.29 is 55.2 Å². The third-order valence-electron chi connectivity index (χ3n) is 12.6. The van der Waals surface area contributed by atoms with Crippen molar-refractivity contribution in [2.75, 3.05) is 37.6 Å². The summed E-state index contributed by atoms with van der Waals surface area (Å²) in [6.07, 6.45) is -3.72. The molecule has 8 rings (SSSR count). The summed E-state index contributed by atoms with van der Waals surface area (Å²) in [5.74, 6) is -1.85. The van der Waals surface area contributed by atoms with Gasteiger partial charge in [-0.1, -0.05) is 59.7 Å². The zero-order valence-corrected chi connectivity index (χ0v) is 59.2. The van der Waals surface area contributed by atoms with Crippen molar-refractivity contribution in [1.82, 2.24) is 39.0 Å². The highest BCUT2D eigenvalue weighted by atomic mass is 33.5. The minimum absolute atomic E-state index is 0.00767. The van der Waals surface area contributed by atoms with E-state index < -0.39 is 103 Å². The molecule has 0 radical (unpaired) electrons. The van der Waals surface area contributed by atoms with Crippen molar-refractivity contribution in [1.29, 1.82) is 0 Å². The maximum Gasteiger partial charge on any atom is 0.475 e. The lowest BCUT2D eigenvalue weighted by atomic mass is 10.0. The second-order valence-electron chi connectivity index (χ2n) is 19.1. The van der Waals surface area contributed by atoms with Crippen molar-refractivity contribution >= 4 is 207 Å². The van der Waals surface area contributed by atoms with Gasteiger partial charge in [0.05, 0.1) is 32.0 Å². The maximum atomic E-state index is 14.7. The van der Waals surface area contributed by atoms with E-state index in [1.54, 1.807) is 153 Å². The highest BCUT2D eigenvalue weighted by Gasteiger charge is 2.56. The second-order valence-corrected chi connectivity index (χ2v) is 50.6. The Kier molecular flexibility index (Phi) is 25.4. The van der Waals surface area contributed by atoms with E-state index in [1.807, 2.05) is 33.9 Å². The first kappa shape index (κ1) is 67.2. The van der Waals surface area contributed by atoms with Crippen LogP contribution >= 0.6 is 15.4 Å².